The quantitative estimate of drug-likeness (QED) is 0.831. The van der Waals surface area contributed by atoms with Crippen molar-refractivity contribution in [2.45, 2.75) is 12.8 Å². The van der Waals surface area contributed by atoms with Crippen LogP contribution in [0.5, 0.6) is 0 Å². The molecule has 0 bridgehead atoms. The van der Waals surface area contributed by atoms with Gasteiger partial charge in [-0.15, -0.1) is 0 Å². The van der Waals surface area contributed by atoms with Gasteiger partial charge in [0.1, 0.15) is 11.8 Å². The molecule has 15 heavy (non-hydrogen) atoms. The Morgan fingerprint density at radius 3 is 2.60 bits per heavy atom. The van der Waals surface area contributed by atoms with Gasteiger partial charge in [-0.2, -0.15) is 10.5 Å². The first kappa shape index (κ1) is 11.5. The average Bonchev–Trinajstić information content (AvgIpc) is 2.18. The van der Waals surface area contributed by atoms with Gasteiger partial charge in [-0.05, 0) is 15.9 Å². The standard InChI is InChI=1S/C9H4BrF2N3/c10-7-4-15-8(9(11)12)5(1-2-13)6(7)3-14/h4,9H,1H2. The van der Waals surface area contributed by atoms with Gasteiger partial charge in [-0.25, -0.2) is 8.78 Å². The van der Waals surface area contributed by atoms with Crippen molar-refractivity contribution in [3.63, 3.8) is 0 Å². The monoisotopic (exact) mass is 271 g/mol. The van der Waals surface area contributed by atoms with Crippen molar-refractivity contribution < 1.29 is 8.78 Å². The normalized spacial score (nSPS) is 9.73. The minimum atomic E-state index is -2.78. The van der Waals surface area contributed by atoms with Crippen LogP contribution in [0.2, 0.25) is 0 Å². The average molecular weight is 272 g/mol. The summed E-state index contributed by atoms with van der Waals surface area (Å²) >= 11 is 3.02. The minimum Gasteiger partial charge on any atom is -0.254 e. The van der Waals surface area contributed by atoms with Crippen LogP contribution in [0.15, 0.2) is 10.7 Å². The number of rotatable bonds is 2. The van der Waals surface area contributed by atoms with E-state index in [0.717, 1.165) is 6.20 Å². The Bertz CT molecular complexity index is 460. The van der Waals surface area contributed by atoms with Crippen molar-refractivity contribution in [1.29, 1.82) is 10.5 Å². The summed E-state index contributed by atoms with van der Waals surface area (Å²) in [4.78, 5) is 3.51. The number of nitrogens with zero attached hydrogens (tertiary/aromatic N) is 3. The molecule has 6 heteroatoms. The van der Waals surface area contributed by atoms with E-state index in [1.54, 1.807) is 12.1 Å². The highest BCUT2D eigenvalue weighted by Gasteiger charge is 2.19. The van der Waals surface area contributed by atoms with Crippen LogP contribution in [-0.4, -0.2) is 4.98 Å². The van der Waals surface area contributed by atoms with E-state index in [0.29, 0.717) is 4.47 Å². The molecule has 1 aromatic rings. The highest BCUT2D eigenvalue weighted by molar-refractivity contribution is 9.10. The Labute approximate surface area is 93.1 Å². The zero-order valence-corrected chi connectivity index (χ0v) is 8.92. The van der Waals surface area contributed by atoms with Crippen LogP contribution in [0.3, 0.4) is 0 Å². The lowest BCUT2D eigenvalue weighted by Crippen LogP contribution is -2.02. The SMILES string of the molecule is N#CCc1c(C(F)F)ncc(Br)c1C#N. The first-order valence-corrected chi connectivity index (χ1v) is 4.63. The van der Waals surface area contributed by atoms with E-state index in [-0.39, 0.29) is 17.5 Å². The van der Waals surface area contributed by atoms with E-state index in [4.69, 9.17) is 10.5 Å². The lowest BCUT2D eigenvalue weighted by atomic mass is 10.0. The van der Waals surface area contributed by atoms with Crippen LogP contribution >= 0.6 is 15.9 Å². The summed E-state index contributed by atoms with van der Waals surface area (Å²) < 4.78 is 25.3. The van der Waals surface area contributed by atoms with Gasteiger partial charge in [0.25, 0.3) is 6.43 Å². The second kappa shape index (κ2) is 4.81. The molecule has 0 amide bonds. The van der Waals surface area contributed by atoms with Crippen LogP contribution in [0.25, 0.3) is 0 Å². The van der Waals surface area contributed by atoms with Crippen molar-refractivity contribution in [2.75, 3.05) is 0 Å². The zero-order valence-electron chi connectivity index (χ0n) is 7.34. The van der Waals surface area contributed by atoms with Gasteiger partial charge in [0.2, 0.25) is 0 Å². The highest BCUT2D eigenvalue weighted by Crippen LogP contribution is 2.27. The molecule has 0 aliphatic carbocycles. The van der Waals surface area contributed by atoms with E-state index >= 15 is 0 Å². The largest absolute Gasteiger partial charge is 0.280 e. The maximum absolute atomic E-state index is 12.5. The molecule has 0 atom stereocenters. The number of pyridine rings is 1. The van der Waals surface area contributed by atoms with Gasteiger partial charge in [-0.1, -0.05) is 0 Å². The van der Waals surface area contributed by atoms with Crippen molar-refractivity contribution in [2.24, 2.45) is 0 Å². The molecule has 1 heterocycles. The number of nitriles is 2. The second-order valence-corrected chi connectivity index (χ2v) is 3.45. The minimum absolute atomic E-state index is 0.00984. The van der Waals surface area contributed by atoms with Crippen LogP contribution in [0.1, 0.15) is 23.2 Å². The van der Waals surface area contributed by atoms with E-state index in [9.17, 15) is 8.78 Å². The highest BCUT2D eigenvalue weighted by atomic mass is 79.9. The van der Waals surface area contributed by atoms with Gasteiger partial charge in [0.05, 0.1) is 22.5 Å². The molecule has 0 aromatic carbocycles. The Kier molecular flexibility index (Phi) is 3.70. The second-order valence-electron chi connectivity index (χ2n) is 2.59. The van der Waals surface area contributed by atoms with Crippen molar-refractivity contribution in [3.05, 3.63) is 27.5 Å². The third-order valence-corrected chi connectivity index (χ3v) is 2.34. The fraction of sp³-hybridized carbons (Fsp3) is 0.222. The van der Waals surface area contributed by atoms with Gasteiger partial charge in [0, 0.05) is 11.8 Å². The molecule has 0 aliphatic rings. The third-order valence-electron chi connectivity index (χ3n) is 1.74. The first-order valence-electron chi connectivity index (χ1n) is 3.84. The molecule has 1 aromatic heterocycles. The predicted molar refractivity (Wildman–Crippen MR) is 50.9 cm³/mol. The van der Waals surface area contributed by atoms with Crippen LogP contribution in [0.4, 0.5) is 8.78 Å². The smallest absolute Gasteiger partial charge is 0.254 e. The molecule has 1 rings (SSSR count). The van der Waals surface area contributed by atoms with Gasteiger partial charge < -0.3 is 0 Å². The fourth-order valence-corrected chi connectivity index (χ4v) is 1.54. The Morgan fingerprint density at radius 2 is 2.13 bits per heavy atom. The number of halogens is 3. The zero-order chi connectivity index (χ0) is 11.4. The summed E-state index contributed by atoms with van der Waals surface area (Å²) in [6.45, 7) is 0. The Hall–Kier alpha value is -1.53. The maximum Gasteiger partial charge on any atom is 0.280 e. The van der Waals surface area contributed by atoms with Crippen LogP contribution in [0, 0.1) is 22.7 Å². The molecule has 0 saturated carbocycles. The molecule has 76 valence electrons. The summed E-state index contributed by atoms with van der Waals surface area (Å²) in [7, 11) is 0. The number of hydrogen-bond donors (Lipinski definition) is 0. The van der Waals surface area contributed by atoms with Crippen LogP contribution in [-0.2, 0) is 6.42 Å². The molecule has 0 unspecified atom stereocenters. The molecule has 0 aliphatic heterocycles. The van der Waals surface area contributed by atoms with Crippen molar-refractivity contribution in [1.82, 2.24) is 4.98 Å². The van der Waals surface area contributed by atoms with Crippen LogP contribution < -0.4 is 0 Å². The molecule has 0 saturated heterocycles. The third kappa shape index (κ3) is 2.28. The van der Waals surface area contributed by atoms with Crippen molar-refractivity contribution >= 4 is 15.9 Å². The van der Waals surface area contributed by atoms with Gasteiger partial charge >= 0.3 is 0 Å². The number of aromatic nitrogens is 1. The Balaban J connectivity index is 3.45. The lowest BCUT2D eigenvalue weighted by molar-refractivity contribution is 0.145. The topological polar surface area (TPSA) is 60.5 Å². The van der Waals surface area contributed by atoms with Crippen molar-refractivity contribution in [3.8, 4) is 12.1 Å². The number of hydrogen-bond acceptors (Lipinski definition) is 3. The molecule has 0 N–H and O–H groups in total. The van der Waals surface area contributed by atoms with E-state index < -0.39 is 12.1 Å². The maximum atomic E-state index is 12.5. The van der Waals surface area contributed by atoms with E-state index in [1.807, 2.05) is 0 Å². The number of alkyl halides is 2. The molecule has 0 spiro atoms. The molecular formula is C9H4BrF2N3. The molecular weight excluding hydrogens is 268 g/mol. The summed E-state index contributed by atoms with van der Waals surface area (Å²) in [6, 6.07) is 3.51. The molecule has 3 nitrogen and oxygen atoms in total. The molecule has 0 fully saturated rings. The van der Waals surface area contributed by atoms with E-state index in [2.05, 4.69) is 20.9 Å². The fourth-order valence-electron chi connectivity index (χ4n) is 1.11. The predicted octanol–water partition coefficient (Wildman–Crippen LogP) is 2.72. The Morgan fingerprint density at radius 1 is 1.47 bits per heavy atom. The van der Waals surface area contributed by atoms with Gasteiger partial charge in [-0.3, -0.25) is 4.98 Å². The first-order chi connectivity index (χ1) is 7.11. The summed E-state index contributed by atoms with van der Waals surface area (Å²) in [5, 5.41) is 17.3. The molecule has 0 radical (unpaired) electrons. The van der Waals surface area contributed by atoms with Gasteiger partial charge in [0.15, 0.2) is 0 Å². The summed E-state index contributed by atoms with van der Waals surface area (Å²) in [6.07, 6.45) is -1.90. The lowest BCUT2D eigenvalue weighted by Gasteiger charge is -2.07. The summed E-state index contributed by atoms with van der Waals surface area (Å²) in [5.74, 6) is 0. The van der Waals surface area contributed by atoms with E-state index in [1.165, 1.54) is 0 Å². The summed E-state index contributed by atoms with van der Waals surface area (Å²) in [5.41, 5.74) is -0.470.